The van der Waals surface area contributed by atoms with Crippen molar-refractivity contribution in [3.05, 3.63) is 6.92 Å². The van der Waals surface area contributed by atoms with Gasteiger partial charge in [-0.1, -0.05) is 6.92 Å². The summed E-state index contributed by atoms with van der Waals surface area (Å²) in [6.07, 6.45) is 1.00. The molecular weight excluding hydrogens is 148 g/mol. The fourth-order valence-corrected chi connectivity index (χ4v) is 0. The minimum atomic E-state index is 0. The van der Waals surface area contributed by atoms with E-state index in [0.29, 0.717) is 0 Å². The van der Waals surface area contributed by atoms with Gasteiger partial charge in [-0.15, -0.1) is 0 Å². The van der Waals surface area contributed by atoms with E-state index in [2.05, 4.69) is 6.92 Å². The zero-order valence-corrected chi connectivity index (χ0v) is 7.16. The van der Waals surface area contributed by atoms with Gasteiger partial charge in [0.15, 0.2) is 0 Å². The second-order valence-electron chi connectivity index (χ2n) is 0.500. The molecule has 0 atom stereocenters. The predicted molar refractivity (Wildman–Crippen MR) is 15.6 cm³/mol. The van der Waals surface area contributed by atoms with Crippen LogP contribution in [-0.4, -0.2) is 0 Å². The Bertz CT molecular complexity index is 3.25. The molecule has 0 unspecified atom stereocenters. The summed E-state index contributed by atoms with van der Waals surface area (Å²) >= 11 is 0. The molecule has 0 aliphatic carbocycles. The first kappa shape index (κ1) is 8.87. The minimum Gasteiger partial charge on any atom is -0.344 e. The van der Waals surface area contributed by atoms with Crippen molar-refractivity contribution in [2.75, 3.05) is 0 Å². The van der Waals surface area contributed by atoms with Crippen molar-refractivity contribution in [3.63, 3.8) is 0 Å². The second kappa shape index (κ2) is 9.06. The summed E-state index contributed by atoms with van der Waals surface area (Å²) in [6.45, 7) is 5.50. The van der Waals surface area contributed by atoms with Crippen LogP contribution in [0.5, 0.6) is 0 Å². The molecule has 0 saturated carbocycles. The van der Waals surface area contributed by atoms with Gasteiger partial charge >= 0.3 is 0 Å². The maximum Gasteiger partial charge on any atom is 0 e. The number of hydrogen-bond acceptors (Lipinski definition) is 0. The molecule has 0 radical (unpaired) electrons. The van der Waals surface area contributed by atoms with Gasteiger partial charge in [-0.25, -0.2) is 0 Å². The fourth-order valence-electron chi connectivity index (χ4n) is 0. The third kappa shape index (κ3) is 12.7. The molecule has 0 aliphatic rings. The quantitative estimate of drug-likeness (QED) is 0.365. The minimum absolute atomic E-state index is 0. The average molecular weight is 156 g/mol. The van der Waals surface area contributed by atoms with Gasteiger partial charge in [0.25, 0.3) is 0 Å². The molecule has 0 saturated heterocycles. The van der Waals surface area contributed by atoms with Crippen molar-refractivity contribution >= 4 is 0 Å². The number of rotatable bonds is 0. The van der Waals surface area contributed by atoms with Crippen LogP contribution in [0, 0.1) is 6.92 Å². The molecule has 0 fully saturated rings. The molecule has 0 aromatic carbocycles. The van der Waals surface area contributed by atoms with Gasteiger partial charge in [-0.3, -0.25) is 0 Å². The maximum atomic E-state index is 3.49. The Kier molecular flexibility index (Phi) is 20.1. The van der Waals surface area contributed by atoms with Gasteiger partial charge < -0.3 is 6.92 Å². The molecule has 0 bridgehead atoms. The Labute approximate surface area is 47.8 Å². The van der Waals surface area contributed by atoms with E-state index in [4.69, 9.17) is 0 Å². The Morgan fingerprint density at radius 3 is 1.75 bits per heavy atom. The van der Waals surface area contributed by atoms with E-state index in [-0.39, 0.29) is 27.3 Å². The van der Waals surface area contributed by atoms with Crippen molar-refractivity contribution in [1.82, 2.24) is 0 Å². The molecular formula is C3H7Cd-. The van der Waals surface area contributed by atoms with Gasteiger partial charge in [0.2, 0.25) is 0 Å². The van der Waals surface area contributed by atoms with Crippen molar-refractivity contribution in [2.45, 2.75) is 13.3 Å². The monoisotopic (exact) mass is 157 g/mol. The molecule has 0 rings (SSSR count). The zero-order valence-electron chi connectivity index (χ0n) is 3.12. The smallest absolute Gasteiger partial charge is 0 e. The molecule has 0 aromatic heterocycles. The van der Waals surface area contributed by atoms with Crippen molar-refractivity contribution < 1.29 is 27.3 Å². The molecule has 0 nitrogen and oxygen atoms in total. The van der Waals surface area contributed by atoms with Crippen LogP contribution in [0.1, 0.15) is 13.3 Å². The van der Waals surface area contributed by atoms with E-state index < -0.39 is 0 Å². The Morgan fingerprint density at radius 2 is 1.75 bits per heavy atom. The second-order valence-corrected chi connectivity index (χ2v) is 0.500. The summed E-state index contributed by atoms with van der Waals surface area (Å²) in [7, 11) is 0. The fraction of sp³-hybridized carbons (Fsp3) is 0.667. The van der Waals surface area contributed by atoms with E-state index in [1.165, 1.54) is 0 Å². The molecule has 0 spiro atoms. The summed E-state index contributed by atoms with van der Waals surface area (Å²) in [6, 6.07) is 0. The summed E-state index contributed by atoms with van der Waals surface area (Å²) in [5.41, 5.74) is 0. The molecule has 0 amide bonds. The van der Waals surface area contributed by atoms with Crippen LogP contribution in [0.4, 0.5) is 0 Å². The number of hydrogen-bond donors (Lipinski definition) is 0. The van der Waals surface area contributed by atoms with E-state index >= 15 is 0 Å². The summed E-state index contributed by atoms with van der Waals surface area (Å²) in [5.74, 6) is 0. The van der Waals surface area contributed by atoms with Crippen LogP contribution in [-0.2, 0) is 27.3 Å². The van der Waals surface area contributed by atoms with Crippen LogP contribution in [0.2, 0.25) is 0 Å². The van der Waals surface area contributed by atoms with E-state index in [9.17, 15) is 0 Å². The van der Waals surface area contributed by atoms with Crippen LogP contribution in [0.25, 0.3) is 0 Å². The van der Waals surface area contributed by atoms with Crippen LogP contribution < -0.4 is 0 Å². The van der Waals surface area contributed by atoms with E-state index in [1.54, 1.807) is 0 Å². The molecule has 0 N–H and O–H groups in total. The topological polar surface area (TPSA) is 0 Å². The van der Waals surface area contributed by atoms with Gasteiger partial charge in [-0.2, -0.15) is 6.42 Å². The van der Waals surface area contributed by atoms with Crippen molar-refractivity contribution in [2.24, 2.45) is 0 Å². The first-order valence-electron chi connectivity index (χ1n) is 1.21. The third-order valence-electron chi connectivity index (χ3n) is 0. The molecule has 0 aliphatic heterocycles. The van der Waals surface area contributed by atoms with Gasteiger partial charge in [-0.05, 0) is 0 Å². The van der Waals surface area contributed by atoms with Gasteiger partial charge in [0.1, 0.15) is 0 Å². The van der Waals surface area contributed by atoms with Crippen LogP contribution in [0.3, 0.4) is 0 Å². The predicted octanol–water partition coefficient (Wildman–Crippen LogP) is 1.23. The summed E-state index contributed by atoms with van der Waals surface area (Å²) in [4.78, 5) is 0. The molecule has 22 valence electrons. The summed E-state index contributed by atoms with van der Waals surface area (Å²) in [5, 5.41) is 0. The van der Waals surface area contributed by atoms with Gasteiger partial charge in [0.05, 0.1) is 0 Å². The first-order chi connectivity index (χ1) is 1.41. The molecule has 0 heterocycles. The molecule has 0 aromatic rings. The van der Waals surface area contributed by atoms with Crippen molar-refractivity contribution in [3.8, 4) is 0 Å². The molecule has 4 heavy (non-hydrogen) atoms. The average Bonchev–Trinajstić information content (AvgIpc) is 0.918. The van der Waals surface area contributed by atoms with E-state index in [0.717, 1.165) is 6.42 Å². The molecule has 1 heteroatoms. The SMILES string of the molecule is [CH2-]CC.[Cd]. The zero-order chi connectivity index (χ0) is 2.71. The Morgan fingerprint density at radius 1 is 1.75 bits per heavy atom. The standard InChI is InChI=1S/C3H7.Cd/c1-3-2;/h1,3H2,2H3;/q-1;. The normalized spacial score (nSPS) is 4.50. The Hall–Kier alpha value is 0.922. The first-order valence-corrected chi connectivity index (χ1v) is 1.21. The maximum absolute atomic E-state index is 3.49. The Balaban J connectivity index is 0. The van der Waals surface area contributed by atoms with Crippen molar-refractivity contribution in [1.29, 1.82) is 0 Å². The summed E-state index contributed by atoms with van der Waals surface area (Å²) < 4.78 is 0. The third-order valence-corrected chi connectivity index (χ3v) is 0. The van der Waals surface area contributed by atoms with Crippen LogP contribution in [0.15, 0.2) is 0 Å². The van der Waals surface area contributed by atoms with Gasteiger partial charge in [0, 0.05) is 27.3 Å². The van der Waals surface area contributed by atoms with Crippen LogP contribution >= 0.6 is 0 Å². The largest absolute Gasteiger partial charge is 0.344 e. The van der Waals surface area contributed by atoms with E-state index in [1.807, 2.05) is 6.92 Å².